The van der Waals surface area contributed by atoms with E-state index in [1.54, 1.807) is 42.2 Å². The fourth-order valence-electron chi connectivity index (χ4n) is 4.27. The molecule has 1 aliphatic rings. The Morgan fingerprint density at radius 2 is 1.69 bits per heavy atom. The van der Waals surface area contributed by atoms with Crippen LogP contribution in [0.2, 0.25) is 0 Å². The quantitative estimate of drug-likeness (QED) is 0.447. The van der Waals surface area contributed by atoms with Crippen LogP contribution in [0.3, 0.4) is 0 Å². The van der Waals surface area contributed by atoms with Crippen molar-refractivity contribution in [3.05, 3.63) is 77.5 Å². The van der Waals surface area contributed by atoms with Crippen molar-refractivity contribution < 1.29 is 24.2 Å². The summed E-state index contributed by atoms with van der Waals surface area (Å²) in [7, 11) is 0. The summed E-state index contributed by atoms with van der Waals surface area (Å²) >= 11 is 0. The maximum Gasteiger partial charge on any atom is 0.410 e. The van der Waals surface area contributed by atoms with E-state index in [1.165, 1.54) is 0 Å². The zero-order valence-electron chi connectivity index (χ0n) is 20.4. The van der Waals surface area contributed by atoms with Crippen molar-refractivity contribution in [1.82, 2.24) is 9.88 Å². The summed E-state index contributed by atoms with van der Waals surface area (Å²) < 4.78 is 11.5. The molecule has 1 aliphatic heterocycles. The molecular formula is C28H30N2O5. The number of carbonyl (C=O) groups is 2. The molecule has 0 bridgehead atoms. The van der Waals surface area contributed by atoms with Crippen molar-refractivity contribution >= 4 is 12.1 Å². The number of hydrogen-bond acceptors (Lipinski definition) is 5. The van der Waals surface area contributed by atoms with E-state index in [9.17, 15) is 14.7 Å². The Labute approximate surface area is 205 Å². The first kappa shape index (κ1) is 24.3. The highest BCUT2D eigenvalue weighted by Crippen LogP contribution is 2.36. The van der Waals surface area contributed by atoms with Crippen LogP contribution in [0.5, 0.6) is 11.5 Å². The molecule has 0 spiro atoms. The minimum atomic E-state index is -1.04. The second-order valence-corrected chi connectivity index (χ2v) is 9.66. The van der Waals surface area contributed by atoms with Gasteiger partial charge in [0.15, 0.2) is 0 Å². The molecule has 2 heterocycles. The van der Waals surface area contributed by atoms with E-state index < -0.39 is 11.6 Å². The Bertz CT molecular complexity index is 1220. The summed E-state index contributed by atoms with van der Waals surface area (Å²) in [4.78, 5) is 31.4. The van der Waals surface area contributed by atoms with Crippen LogP contribution in [-0.4, -0.2) is 39.2 Å². The number of hydrogen-bond donors (Lipinski definition) is 1. The molecule has 2 aromatic carbocycles. The number of carbonyl (C=O) groups excluding carboxylic acids is 1. The fraction of sp³-hybridized carbons (Fsp3) is 0.321. The lowest BCUT2D eigenvalue weighted by molar-refractivity contribution is 0.0221. The number of amides is 1. The third kappa shape index (κ3) is 5.62. The van der Waals surface area contributed by atoms with E-state index in [-0.39, 0.29) is 17.7 Å². The first-order chi connectivity index (χ1) is 16.6. The van der Waals surface area contributed by atoms with Crippen LogP contribution >= 0.6 is 0 Å². The molecule has 3 aromatic rings. The van der Waals surface area contributed by atoms with Gasteiger partial charge in [0, 0.05) is 12.1 Å². The van der Waals surface area contributed by atoms with Crippen LogP contribution in [0.4, 0.5) is 4.79 Å². The van der Waals surface area contributed by atoms with Gasteiger partial charge in [0.25, 0.3) is 0 Å². The van der Waals surface area contributed by atoms with Crippen molar-refractivity contribution in [1.29, 1.82) is 0 Å². The highest BCUT2D eigenvalue weighted by Gasteiger charge is 2.35. The molecule has 7 nitrogen and oxygen atoms in total. The standard InChI is InChI=1S/C28H30N2O5/c1-18-17-22(23-11-8-16-30(23)27(33)35-28(2,3)4)29-25(24(18)26(31)32)19-12-14-21(15-13-19)34-20-9-6-5-7-10-20/h5-7,9-10,12-15,17,23H,8,11,16H2,1-4H3,(H,31,32). The zero-order chi connectivity index (χ0) is 25.2. The number of aromatic carboxylic acids is 1. The normalized spacial score (nSPS) is 15.7. The van der Waals surface area contributed by atoms with Crippen molar-refractivity contribution in [3.8, 4) is 22.8 Å². The molecule has 182 valence electrons. The number of rotatable bonds is 5. The van der Waals surface area contributed by atoms with Crippen molar-refractivity contribution in [2.75, 3.05) is 6.54 Å². The summed E-state index contributed by atoms with van der Waals surface area (Å²) in [6.45, 7) is 7.84. The first-order valence-corrected chi connectivity index (χ1v) is 11.7. The molecule has 1 fully saturated rings. The van der Waals surface area contributed by atoms with Gasteiger partial charge in [-0.25, -0.2) is 14.6 Å². The molecule has 0 saturated carbocycles. The zero-order valence-corrected chi connectivity index (χ0v) is 20.4. The smallest absolute Gasteiger partial charge is 0.410 e. The van der Waals surface area contributed by atoms with Gasteiger partial charge >= 0.3 is 12.1 Å². The Kier molecular flexibility index (Phi) is 6.78. The van der Waals surface area contributed by atoms with Gasteiger partial charge in [-0.2, -0.15) is 0 Å². The van der Waals surface area contributed by atoms with Gasteiger partial charge in [0.1, 0.15) is 17.1 Å². The number of pyridine rings is 1. The molecule has 1 amide bonds. The number of aromatic nitrogens is 1. The number of likely N-dealkylation sites (tertiary alicyclic amines) is 1. The summed E-state index contributed by atoms with van der Waals surface area (Å²) in [5, 5.41) is 9.93. The van der Waals surface area contributed by atoms with E-state index >= 15 is 0 Å². The van der Waals surface area contributed by atoms with E-state index in [1.807, 2.05) is 51.1 Å². The van der Waals surface area contributed by atoms with Crippen molar-refractivity contribution in [3.63, 3.8) is 0 Å². The van der Waals surface area contributed by atoms with E-state index in [0.717, 1.165) is 12.8 Å². The number of carboxylic acid groups (broad SMARTS) is 1. The lowest BCUT2D eigenvalue weighted by Gasteiger charge is -2.29. The molecule has 1 saturated heterocycles. The molecular weight excluding hydrogens is 444 g/mol. The maximum atomic E-state index is 12.8. The highest BCUT2D eigenvalue weighted by molar-refractivity contribution is 5.96. The lowest BCUT2D eigenvalue weighted by Crippen LogP contribution is -2.36. The van der Waals surface area contributed by atoms with Crippen LogP contribution in [0.25, 0.3) is 11.3 Å². The topological polar surface area (TPSA) is 89.0 Å². The number of benzene rings is 2. The Balaban J connectivity index is 1.68. The van der Waals surface area contributed by atoms with Gasteiger partial charge in [-0.05, 0) is 88.6 Å². The summed E-state index contributed by atoms with van der Waals surface area (Å²) in [6, 6.07) is 18.1. The van der Waals surface area contributed by atoms with Crippen LogP contribution in [0.1, 0.15) is 61.3 Å². The predicted molar refractivity (Wildman–Crippen MR) is 133 cm³/mol. The van der Waals surface area contributed by atoms with E-state index in [4.69, 9.17) is 14.5 Å². The van der Waals surface area contributed by atoms with E-state index in [2.05, 4.69) is 0 Å². The van der Waals surface area contributed by atoms with Gasteiger partial charge in [-0.1, -0.05) is 18.2 Å². The van der Waals surface area contributed by atoms with E-state index in [0.29, 0.717) is 40.6 Å². The number of aryl methyl sites for hydroxylation is 1. The molecule has 4 rings (SSSR count). The molecule has 1 aromatic heterocycles. The number of carboxylic acids is 1. The van der Waals surface area contributed by atoms with Gasteiger partial charge in [-0.15, -0.1) is 0 Å². The van der Waals surface area contributed by atoms with Crippen LogP contribution in [-0.2, 0) is 4.74 Å². The van der Waals surface area contributed by atoms with Gasteiger partial charge in [0.05, 0.1) is 23.0 Å². The van der Waals surface area contributed by atoms with Gasteiger partial charge in [0.2, 0.25) is 0 Å². The third-order valence-electron chi connectivity index (χ3n) is 5.78. The average Bonchev–Trinajstić information content (AvgIpc) is 3.29. The second-order valence-electron chi connectivity index (χ2n) is 9.66. The largest absolute Gasteiger partial charge is 0.478 e. The number of para-hydroxylation sites is 1. The van der Waals surface area contributed by atoms with Crippen molar-refractivity contribution in [2.45, 2.75) is 52.2 Å². The summed E-state index contributed by atoms with van der Waals surface area (Å²) in [5.41, 5.74) is 1.83. The Morgan fingerprint density at radius 1 is 1.03 bits per heavy atom. The lowest BCUT2D eigenvalue weighted by atomic mass is 9.98. The number of ether oxygens (including phenoxy) is 2. The molecule has 1 unspecified atom stereocenters. The molecule has 1 atom stereocenters. The minimum Gasteiger partial charge on any atom is -0.478 e. The fourth-order valence-corrected chi connectivity index (χ4v) is 4.27. The van der Waals surface area contributed by atoms with Crippen LogP contribution in [0, 0.1) is 6.92 Å². The predicted octanol–water partition coefficient (Wildman–Crippen LogP) is 6.62. The summed E-state index contributed by atoms with van der Waals surface area (Å²) in [6.07, 6.45) is 1.18. The molecule has 0 aliphatic carbocycles. The van der Waals surface area contributed by atoms with Gasteiger partial charge < -0.3 is 14.6 Å². The van der Waals surface area contributed by atoms with Gasteiger partial charge in [-0.3, -0.25) is 4.90 Å². The third-order valence-corrected chi connectivity index (χ3v) is 5.78. The highest BCUT2D eigenvalue weighted by atomic mass is 16.6. The Hall–Kier alpha value is -3.87. The maximum absolute atomic E-state index is 12.8. The number of nitrogens with zero attached hydrogens (tertiary/aromatic N) is 2. The monoisotopic (exact) mass is 474 g/mol. The van der Waals surface area contributed by atoms with Crippen LogP contribution in [0.15, 0.2) is 60.7 Å². The Morgan fingerprint density at radius 3 is 2.31 bits per heavy atom. The molecule has 7 heteroatoms. The second kappa shape index (κ2) is 9.78. The molecule has 0 radical (unpaired) electrons. The minimum absolute atomic E-state index is 0.146. The SMILES string of the molecule is Cc1cc(C2CCCN2C(=O)OC(C)(C)C)nc(-c2ccc(Oc3ccccc3)cc2)c1C(=O)O. The molecule has 1 N–H and O–H groups in total. The first-order valence-electron chi connectivity index (χ1n) is 11.7. The summed E-state index contributed by atoms with van der Waals surface area (Å²) in [5.74, 6) is 0.305. The van der Waals surface area contributed by atoms with Crippen molar-refractivity contribution in [2.24, 2.45) is 0 Å². The molecule has 35 heavy (non-hydrogen) atoms. The van der Waals surface area contributed by atoms with Crippen LogP contribution < -0.4 is 4.74 Å². The average molecular weight is 475 g/mol.